The summed E-state index contributed by atoms with van der Waals surface area (Å²) in [5.41, 5.74) is 1.18. The van der Waals surface area contributed by atoms with E-state index in [-0.39, 0.29) is 28.4 Å². The van der Waals surface area contributed by atoms with Gasteiger partial charge in [-0.15, -0.1) is 6.58 Å². The lowest BCUT2D eigenvalue weighted by Gasteiger charge is -2.15. The first-order valence-electron chi connectivity index (χ1n) is 10.3. The highest BCUT2D eigenvalue weighted by atomic mass is 35.5. The molecular formula is C26H21ClN2O5S. The fraction of sp³-hybridized carbons (Fsp3) is 0.0769. The zero-order valence-electron chi connectivity index (χ0n) is 18.7. The molecule has 178 valence electrons. The quantitative estimate of drug-likeness (QED) is 0.180. The van der Waals surface area contributed by atoms with Gasteiger partial charge < -0.3 is 14.2 Å². The molecule has 7 nitrogen and oxygen atoms in total. The molecule has 0 fully saturated rings. The largest absolute Gasteiger partial charge is 0.493 e. The number of nitriles is 1. The van der Waals surface area contributed by atoms with Gasteiger partial charge in [0, 0.05) is 16.3 Å². The predicted octanol–water partition coefficient (Wildman–Crippen LogP) is 5.39. The molecule has 0 aliphatic heterocycles. The van der Waals surface area contributed by atoms with Crippen molar-refractivity contribution in [2.24, 2.45) is 0 Å². The minimum Gasteiger partial charge on any atom is -0.493 e. The smallest absolute Gasteiger partial charge is 0.339 e. The van der Waals surface area contributed by atoms with Crippen LogP contribution in [-0.2, 0) is 21.3 Å². The van der Waals surface area contributed by atoms with Crippen molar-refractivity contribution in [3.8, 4) is 17.6 Å². The van der Waals surface area contributed by atoms with Crippen LogP contribution in [0.4, 0.5) is 5.69 Å². The number of ether oxygens (including phenoxy) is 1. The van der Waals surface area contributed by atoms with Gasteiger partial charge in [0.1, 0.15) is 16.5 Å². The van der Waals surface area contributed by atoms with E-state index in [9.17, 15) is 18.5 Å². The van der Waals surface area contributed by atoms with E-state index in [4.69, 9.17) is 20.5 Å². The van der Waals surface area contributed by atoms with E-state index >= 15 is 0 Å². The highest BCUT2D eigenvalue weighted by Crippen LogP contribution is 2.36. The zero-order valence-corrected chi connectivity index (χ0v) is 20.3. The van der Waals surface area contributed by atoms with Crippen molar-refractivity contribution in [3.05, 3.63) is 101 Å². The number of amides is 1. The molecule has 3 rings (SSSR count). The van der Waals surface area contributed by atoms with Gasteiger partial charge in [0.15, 0.2) is 11.5 Å². The lowest BCUT2D eigenvalue weighted by molar-refractivity contribution is -0.112. The van der Waals surface area contributed by atoms with E-state index in [2.05, 4.69) is 11.9 Å². The van der Waals surface area contributed by atoms with E-state index in [1.165, 1.54) is 31.4 Å². The number of methoxy groups -OCH3 is 1. The maximum atomic E-state index is 12.8. The molecule has 0 spiro atoms. The Labute approximate surface area is 209 Å². The molecule has 0 atom stereocenters. The van der Waals surface area contributed by atoms with Crippen molar-refractivity contribution in [3.63, 3.8) is 0 Å². The first kappa shape index (κ1) is 25.6. The fourth-order valence-electron chi connectivity index (χ4n) is 3.11. The van der Waals surface area contributed by atoms with E-state index in [0.29, 0.717) is 21.8 Å². The number of hydrogen-bond acceptors (Lipinski definition) is 6. The molecule has 0 radical (unpaired) electrons. The van der Waals surface area contributed by atoms with Crippen LogP contribution >= 0.6 is 11.6 Å². The van der Waals surface area contributed by atoms with Gasteiger partial charge >= 0.3 is 10.1 Å². The van der Waals surface area contributed by atoms with Crippen LogP contribution in [0.5, 0.6) is 11.5 Å². The summed E-state index contributed by atoms with van der Waals surface area (Å²) >= 11 is 5.86. The molecule has 3 aromatic carbocycles. The molecule has 0 saturated carbocycles. The van der Waals surface area contributed by atoms with Crippen LogP contribution in [0.2, 0.25) is 5.02 Å². The second kappa shape index (κ2) is 11.4. The Balaban J connectivity index is 1.98. The Morgan fingerprint density at radius 3 is 2.43 bits per heavy atom. The number of benzene rings is 3. The molecule has 0 saturated heterocycles. The molecule has 0 unspecified atom stereocenters. The third-order valence-corrected chi connectivity index (χ3v) is 6.23. The van der Waals surface area contributed by atoms with Gasteiger partial charge in [-0.25, -0.2) is 0 Å². The highest BCUT2D eigenvalue weighted by molar-refractivity contribution is 7.87. The molecule has 1 amide bonds. The average molecular weight is 509 g/mol. The number of carbonyl (C=O) groups is 1. The summed E-state index contributed by atoms with van der Waals surface area (Å²) in [7, 11) is -2.77. The van der Waals surface area contributed by atoms with E-state index < -0.39 is 16.0 Å². The van der Waals surface area contributed by atoms with Gasteiger partial charge in [-0.3, -0.25) is 4.79 Å². The zero-order chi connectivity index (χ0) is 25.4. The number of rotatable bonds is 9. The first-order chi connectivity index (χ1) is 16.8. The molecule has 1 N–H and O–H groups in total. The number of nitrogens with one attached hydrogen (secondary N) is 1. The Morgan fingerprint density at radius 1 is 1.14 bits per heavy atom. The molecule has 0 bridgehead atoms. The number of nitrogens with zero attached hydrogens (tertiary/aromatic N) is 1. The third-order valence-electron chi connectivity index (χ3n) is 4.74. The summed E-state index contributed by atoms with van der Waals surface area (Å²) in [6.07, 6.45) is 3.19. The average Bonchev–Trinajstić information content (AvgIpc) is 2.85. The van der Waals surface area contributed by atoms with Crippen LogP contribution in [-0.4, -0.2) is 21.4 Å². The van der Waals surface area contributed by atoms with Crippen molar-refractivity contribution in [1.82, 2.24) is 0 Å². The molecule has 35 heavy (non-hydrogen) atoms. The van der Waals surface area contributed by atoms with Gasteiger partial charge in [-0.2, -0.15) is 13.7 Å². The Bertz CT molecular complexity index is 1410. The summed E-state index contributed by atoms with van der Waals surface area (Å²) in [4.78, 5) is 12.6. The van der Waals surface area contributed by atoms with E-state index in [0.717, 1.165) is 0 Å². The topological polar surface area (TPSA) is 105 Å². The highest BCUT2D eigenvalue weighted by Gasteiger charge is 2.22. The SMILES string of the molecule is C=CCc1cc(/C=C(\C#N)C(=O)Nc2ccc(Cl)cc2)cc(OC)c1OS(=O)(=O)c1ccccc1. The first-order valence-corrected chi connectivity index (χ1v) is 12.1. The van der Waals surface area contributed by atoms with Crippen molar-refractivity contribution in [2.75, 3.05) is 12.4 Å². The summed E-state index contributed by atoms with van der Waals surface area (Å²) in [5, 5.41) is 12.7. The van der Waals surface area contributed by atoms with E-state index in [1.54, 1.807) is 54.6 Å². The van der Waals surface area contributed by atoms with Crippen LogP contribution in [0, 0.1) is 11.3 Å². The summed E-state index contributed by atoms with van der Waals surface area (Å²) in [6, 6.07) is 19.1. The number of halogens is 1. The molecule has 9 heteroatoms. The van der Waals surface area contributed by atoms with Crippen molar-refractivity contribution >= 4 is 39.4 Å². The molecule has 0 heterocycles. The standard InChI is InChI=1S/C26H21ClN2O5S/c1-3-7-19-14-18(15-20(17-28)26(30)29-22-12-10-21(27)11-13-22)16-24(33-2)25(19)34-35(31,32)23-8-5-4-6-9-23/h3-6,8-16H,1,7H2,2H3,(H,29,30)/b20-15+. The van der Waals surface area contributed by atoms with Crippen LogP contribution in [0.1, 0.15) is 11.1 Å². The molecule has 3 aromatic rings. The number of anilines is 1. The second-order valence-electron chi connectivity index (χ2n) is 7.19. The third kappa shape index (κ3) is 6.51. The second-order valence-corrected chi connectivity index (χ2v) is 9.17. The number of carbonyl (C=O) groups excluding carboxylic acids is 1. The molecule has 0 aliphatic rings. The van der Waals surface area contributed by atoms with Gasteiger partial charge in [-0.05, 0) is 66.6 Å². The summed E-state index contributed by atoms with van der Waals surface area (Å²) in [5.74, 6) is -0.505. The van der Waals surface area contributed by atoms with Crippen molar-refractivity contribution in [2.45, 2.75) is 11.3 Å². The molecule has 0 aromatic heterocycles. The summed E-state index contributed by atoms with van der Waals surface area (Å²) in [6.45, 7) is 3.71. The number of allylic oxidation sites excluding steroid dienone is 1. The minimum absolute atomic E-state index is 0.00229. The Morgan fingerprint density at radius 2 is 1.83 bits per heavy atom. The number of hydrogen-bond donors (Lipinski definition) is 1. The Hall–Kier alpha value is -4.06. The van der Waals surface area contributed by atoms with Gasteiger partial charge in [0.25, 0.3) is 5.91 Å². The van der Waals surface area contributed by atoms with Crippen LogP contribution in [0.15, 0.2) is 89.9 Å². The van der Waals surface area contributed by atoms with Gasteiger partial charge in [0.05, 0.1) is 7.11 Å². The molecular weight excluding hydrogens is 488 g/mol. The predicted molar refractivity (Wildman–Crippen MR) is 135 cm³/mol. The summed E-state index contributed by atoms with van der Waals surface area (Å²) < 4.78 is 36.4. The monoisotopic (exact) mass is 508 g/mol. The van der Waals surface area contributed by atoms with Gasteiger partial charge in [0.2, 0.25) is 0 Å². The maximum Gasteiger partial charge on any atom is 0.339 e. The molecule has 0 aliphatic carbocycles. The lowest BCUT2D eigenvalue weighted by Crippen LogP contribution is -2.13. The van der Waals surface area contributed by atoms with E-state index in [1.807, 2.05) is 6.07 Å². The normalized spacial score (nSPS) is 11.3. The lowest BCUT2D eigenvalue weighted by atomic mass is 10.0. The van der Waals surface area contributed by atoms with Crippen LogP contribution in [0.3, 0.4) is 0 Å². The maximum absolute atomic E-state index is 12.8. The van der Waals surface area contributed by atoms with Gasteiger partial charge in [-0.1, -0.05) is 35.9 Å². The fourth-order valence-corrected chi connectivity index (χ4v) is 4.23. The minimum atomic E-state index is -4.13. The van der Waals surface area contributed by atoms with Crippen molar-refractivity contribution < 1.29 is 22.1 Å². The van der Waals surface area contributed by atoms with Crippen LogP contribution < -0.4 is 14.2 Å². The Kier molecular flexibility index (Phi) is 8.31. The van der Waals surface area contributed by atoms with Crippen molar-refractivity contribution in [1.29, 1.82) is 5.26 Å². The van der Waals surface area contributed by atoms with Crippen LogP contribution in [0.25, 0.3) is 6.08 Å².